The van der Waals surface area contributed by atoms with Crippen LogP contribution in [-0.4, -0.2) is 42.3 Å². The van der Waals surface area contributed by atoms with Gasteiger partial charge in [-0.05, 0) is 41.5 Å². The standard InChI is InChI=1S/C36H52N2O5/c1-2-3-4-5-6-7-8-9-10-11-12-13-25-34(39)37-26-19-18-24-33(35(40)41)38-36(42)43-27-32-30-22-16-14-20-28(30)29-21-15-17-23-31(29)32/h14-17,20-23,32-33H,2-13,18-19,24-27H2,1H3,(H,37,39)(H,38,42)(H,40,41)/p+1/t33-/m0/s1. The predicted octanol–water partition coefficient (Wildman–Crippen LogP) is 7.33. The second-order valence-electron chi connectivity index (χ2n) is 12.0. The number of carboxylic acid groups (broad SMARTS) is 1. The number of quaternary nitrogens is 1. The van der Waals surface area contributed by atoms with Gasteiger partial charge in [-0.3, -0.25) is 4.79 Å². The van der Waals surface area contributed by atoms with Gasteiger partial charge in [0.15, 0.2) is 6.04 Å². The maximum atomic E-state index is 12.6. The van der Waals surface area contributed by atoms with E-state index in [1.165, 1.54) is 69.5 Å². The molecule has 3 rings (SSSR count). The number of nitrogens with two attached hydrogens (primary N) is 1. The lowest BCUT2D eigenvalue weighted by Crippen LogP contribution is -2.95. The van der Waals surface area contributed by atoms with Crippen molar-refractivity contribution >= 4 is 18.0 Å². The number of ether oxygens (including phenoxy) is 1. The van der Waals surface area contributed by atoms with Crippen LogP contribution in [0.25, 0.3) is 11.1 Å². The Hall–Kier alpha value is -3.19. The minimum atomic E-state index is -1.04. The van der Waals surface area contributed by atoms with Crippen LogP contribution in [-0.2, 0) is 14.3 Å². The van der Waals surface area contributed by atoms with E-state index >= 15 is 0 Å². The number of primary amides is 1. The van der Waals surface area contributed by atoms with Gasteiger partial charge >= 0.3 is 12.1 Å². The van der Waals surface area contributed by atoms with Gasteiger partial charge < -0.3 is 15.2 Å². The van der Waals surface area contributed by atoms with Crippen LogP contribution in [0.3, 0.4) is 0 Å². The number of benzene rings is 2. The fourth-order valence-electron chi connectivity index (χ4n) is 6.03. The highest BCUT2D eigenvalue weighted by Crippen LogP contribution is 2.44. The zero-order valence-electron chi connectivity index (χ0n) is 26.2. The Morgan fingerprint density at radius 2 is 1.30 bits per heavy atom. The first kappa shape index (κ1) is 34.3. The topological polar surface area (TPSA) is 109 Å². The summed E-state index contributed by atoms with van der Waals surface area (Å²) in [5.41, 5.74) is 4.53. The maximum Gasteiger partial charge on any atom is 0.513 e. The first-order valence-electron chi connectivity index (χ1n) is 16.7. The lowest BCUT2D eigenvalue weighted by atomic mass is 9.98. The van der Waals surface area contributed by atoms with Crippen molar-refractivity contribution in [3.63, 3.8) is 0 Å². The van der Waals surface area contributed by atoms with E-state index in [1.807, 2.05) is 24.3 Å². The number of aliphatic carboxylic acids is 1. The summed E-state index contributed by atoms with van der Waals surface area (Å²) < 4.78 is 5.56. The van der Waals surface area contributed by atoms with Crippen molar-refractivity contribution in [3.8, 4) is 11.1 Å². The number of amides is 2. The van der Waals surface area contributed by atoms with Gasteiger partial charge in [0.25, 0.3) is 0 Å². The van der Waals surface area contributed by atoms with E-state index in [1.54, 1.807) is 0 Å². The van der Waals surface area contributed by atoms with Crippen molar-refractivity contribution < 1.29 is 29.5 Å². The lowest BCUT2D eigenvalue weighted by molar-refractivity contribution is -0.597. The first-order chi connectivity index (χ1) is 21.0. The molecular formula is C36H53N2O5+. The van der Waals surface area contributed by atoms with Crippen molar-refractivity contribution in [1.82, 2.24) is 5.32 Å². The maximum absolute atomic E-state index is 12.6. The molecule has 0 aromatic heterocycles. The van der Waals surface area contributed by atoms with Crippen LogP contribution < -0.4 is 10.6 Å². The zero-order valence-corrected chi connectivity index (χ0v) is 26.2. The third-order valence-electron chi connectivity index (χ3n) is 8.53. The molecule has 0 fully saturated rings. The summed E-state index contributed by atoms with van der Waals surface area (Å²) >= 11 is 0. The van der Waals surface area contributed by atoms with E-state index in [0.29, 0.717) is 32.2 Å². The Balaban J connectivity index is 1.22. The average molecular weight is 594 g/mol. The van der Waals surface area contributed by atoms with Gasteiger partial charge in [-0.25, -0.2) is 10.1 Å². The van der Waals surface area contributed by atoms with E-state index in [9.17, 15) is 19.5 Å². The molecule has 0 saturated heterocycles. The molecule has 7 heteroatoms. The van der Waals surface area contributed by atoms with Crippen molar-refractivity contribution in [1.29, 1.82) is 0 Å². The molecule has 0 aliphatic heterocycles. The Morgan fingerprint density at radius 1 is 0.767 bits per heavy atom. The molecule has 7 nitrogen and oxygen atoms in total. The van der Waals surface area contributed by atoms with Gasteiger partial charge in [-0.1, -0.05) is 126 Å². The van der Waals surface area contributed by atoms with Gasteiger partial charge in [0, 0.05) is 25.3 Å². The molecule has 0 spiro atoms. The zero-order chi connectivity index (χ0) is 30.7. The van der Waals surface area contributed by atoms with E-state index in [4.69, 9.17) is 4.74 Å². The number of nitrogens with one attached hydrogen (secondary N) is 1. The summed E-state index contributed by atoms with van der Waals surface area (Å²) in [6.45, 7) is 2.94. The summed E-state index contributed by atoms with van der Waals surface area (Å²) in [6, 6.07) is 15.3. The molecule has 0 unspecified atom stereocenters. The molecule has 0 bridgehead atoms. The van der Waals surface area contributed by atoms with Crippen LogP contribution in [0, 0.1) is 0 Å². The van der Waals surface area contributed by atoms with Gasteiger partial charge in [-0.15, -0.1) is 0 Å². The molecule has 1 aliphatic rings. The number of carbonyl (C=O) groups is 3. The number of unbranched alkanes of at least 4 members (excludes halogenated alkanes) is 12. The number of hydrogen-bond acceptors (Lipinski definition) is 4. The van der Waals surface area contributed by atoms with E-state index in [2.05, 4.69) is 36.5 Å². The van der Waals surface area contributed by atoms with E-state index in [0.717, 1.165) is 35.1 Å². The first-order valence-corrected chi connectivity index (χ1v) is 16.7. The van der Waals surface area contributed by atoms with Crippen LogP contribution in [0.1, 0.15) is 127 Å². The van der Waals surface area contributed by atoms with Crippen LogP contribution in [0.4, 0.5) is 4.79 Å². The van der Waals surface area contributed by atoms with Gasteiger partial charge in [0.2, 0.25) is 5.91 Å². The fourth-order valence-corrected chi connectivity index (χ4v) is 6.03. The molecule has 4 N–H and O–H groups in total. The normalized spacial score (nSPS) is 12.9. The van der Waals surface area contributed by atoms with E-state index in [-0.39, 0.29) is 18.4 Å². The number of hydrogen-bond donors (Lipinski definition) is 3. The second-order valence-corrected chi connectivity index (χ2v) is 12.0. The van der Waals surface area contributed by atoms with Gasteiger partial charge in [0.1, 0.15) is 6.61 Å². The molecule has 0 radical (unpaired) electrons. The molecule has 0 heterocycles. The average Bonchev–Trinajstić information content (AvgIpc) is 3.33. The fraction of sp³-hybridized carbons (Fsp3) is 0.583. The third-order valence-corrected chi connectivity index (χ3v) is 8.53. The molecule has 236 valence electrons. The number of carbonyl (C=O) groups excluding carboxylic acids is 2. The van der Waals surface area contributed by atoms with Crippen molar-refractivity contribution in [2.24, 2.45) is 0 Å². The molecule has 2 aromatic rings. The summed E-state index contributed by atoms with van der Waals surface area (Å²) in [4.78, 5) is 36.5. The highest BCUT2D eigenvalue weighted by Gasteiger charge is 2.31. The summed E-state index contributed by atoms with van der Waals surface area (Å²) in [5, 5.41) is 13.8. The highest BCUT2D eigenvalue weighted by molar-refractivity contribution is 5.79. The molecule has 43 heavy (non-hydrogen) atoms. The number of rotatable bonds is 22. The molecule has 1 atom stereocenters. The Bertz CT molecular complexity index is 1090. The second kappa shape index (κ2) is 19.9. The van der Waals surface area contributed by atoms with E-state index < -0.39 is 18.1 Å². The molecular weight excluding hydrogens is 540 g/mol. The van der Waals surface area contributed by atoms with Gasteiger partial charge in [0.05, 0.1) is 0 Å². The molecule has 1 aliphatic carbocycles. The summed E-state index contributed by atoms with van der Waals surface area (Å²) in [6.07, 6.45) is 16.8. The Morgan fingerprint density at radius 3 is 1.86 bits per heavy atom. The smallest absolute Gasteiger partial charge is 0.477 e. The Kier molecular flexibility index (Phi) is 15.9. The van der Waals surface area contributed by atoms with Crippen molar-refractivity contribution in [2.75, 3.05) is 13.2 Å². The minimum absolute atomic E-state index is 0.0621. The Labute approximate surface area is 258 Å². The van der Waals surface area contributed by atoms with Crippen LogP contribution in [0.2, 0.25) is 0 Å². The monoisotopic (exact) mass is 593 g/mol. The molecule has 2 aromatic carbocycles. The SMILES string of the molecule is CCCCCCCCCCCCCCC(=O)NCCCC[C@H]([NH2+]C(=O)OCC1c2ccccc2-c2ccccc21)C(=O)O. The predicted molar refractivity (Wildman–Crippen MR) is 171 cm³/mol. The summed E-state index contributed by atoms with van der Waals surface area (Å²) in [7, 11) is 0. The third kappa shape index (κ3) is 12.1. The minimum Gasteiger partial charge on any atom is -0.477 e. The van der Waals surface area contributed by atoms with Crippen LogP contribution >= 0.6 is 0 Å². The van der Waals surface area contributed by atoms with Gasteiger partial charge in [-0.2, -0.15) is 4.79 Å². The van der Waals surface area contributed by atoms with Crippen molar-refractivity contribution in [2.45, 2.75) is 122 Å². The summed E-state index contributed by atoms with van der Waals surface area (Å²) in [5.74, 6) is -1.04. The highest BCUT2D eigenvalue weighted by atomic mass is 16.5. The lowest BCUT2D eigenvalue weighted by Gasteiger charge is -2.14. The number of fused-ring (bicyclic) bond motifs is 3. The van der Waals surface area contributed by atoms with Crippen LogP contribution in [0.15, 0.2) is 48.5 Å². The number of carboxylic acids is 1. The molecule has 2 amide bonds. The largest absolute Gasteiger partial charge is 0.513 e. The van der Waals surface area contributed by atoms with Crippen LogP contribution in [0.5, 0.6) is 0 Å². The quantitative estimate of drug-likeness (QED) is 0.124. The molecule has 0 saturated carbocycles. The van der Waals surface area contributed by atoms with Crippen molar-refractivity contribution in [3.05, 3.63) is 59.7 Å².